The molecule has 1 spiro atoms. The van der Waals surface area contributed by atoms with Crippen LogP contribution in [-0.4, -0.2) is 23.3 Å². The number of hydrogen-bond donors (Lipinski definition) is 1. The van der Waals surface area contributed by atoms with Gasteiger partial charge in [-0.2, -0.15) is 0 Å². The minimum atomic E-state index is -0.635. The van der Waals surface area contributed by atoms with E-state index in [4.69, 9.17) is 9.84 Å². The minimum Gasteiger partial charge on any atom is -0.481 e. The fourth-order valence-electron chi connectivity index (χ4n) is 4.21. The molecule has 3 heteroatoms. The Labute approximate surface area is 89.8 Å². The molecular formula is C12H18O3. The van der Waals surface area contributed by atoms with Crippen LogP contribution in [-0.2, 0) is 9.53 Å². The number of carboxylic acid groups (broad SMARTS) is 1. The van der Waals surface area contributed by atoms with Gasteiger partial charge in [-0.3, -0.25) is 4.79 Å². The molecule has 4 unspecified atom stereocenters. The largest absolute Gasteiger partial charge is 0.481 e. The molecule has 84 valence electrons. The summed E-state index contributed by atoms with van der Waals surface area (Å²) in [5.41, 5.74) is 0.251. The Morgan fingerprint density at radius 2 is 2.27 bits per heavy atom. The average Bonchev–Trinajstić information content (AvgIpc) is 2.83. The van der Waals surface area contributed by atoms with Gasteiger partial charge >= 0.3 is 5.97 Å². The molecule has 0 radical (unpaired) electrons. The highest BCUT2D eigenvalue weighted by atomic mass is 16.5. The predicted octanol–water partition coefficient (Wildman–Crippen LogP) is 2.20. The van der Waals surface area contributed by atoms with Crippen LogP contribution in [0.4, 0.5) is 0 Å². The number of rotatable bonds is 2. The zero-order valence-electron chi connectivity index (χ0n) is 8.95. The van der Waals surface area contributed by atoms with Crippen molar-refractivity contribution in [2.24, 2.45) is 11.3 Å². The average molecular weight is 210 g/mol. The van der Waals surface area contributed by atoms with Gasteiger partial charge < -0.3 is 9.84 Å². The molecule has 2 saturated heterocycles. The van der Waals surface area contributed by atoms with Gasteiger partial charge in [-0.1, -0.05) is 6.42 Å². The second kappa shape index (κ2) is 3.21. The van der Waals surface area contributed by atoms with Crippen molar-refractivity contribution >= 4 is 5.97 Å². The monoisotopic (exact) mass is 210 g/mol. The third kappa shape index (κ3) is 1.32. The van der Waals surface area contributed by atoms with Crippen LogP contribution in [0, 0.1) is 11.3 Å². The standard InChI is InChI=1S/C12H18O3/c13-11(14)6-8-2-1-5-12(8)7-9-3-4-10(12)15-9/h8-10H,1-7H2,(H,13,14). The lowest BCUT2D eigenvalue weighted by molar-refractivity contribution is -0.139. The van der Waals surface area contributed by atoms with Crippen LogP contribution in [0.5, 0.6) is 0 Å². The Morgan fingerprint density at radius 3 is 2.87 bits per heavy atom. The Hall–Kier alpha value is -0.570. The van der Waals surface area contributed by atoms with Gasteiger partial charge in [0.25, 0.3) is 0 Å². The second-order valence-corrected chi connectivity index (χ2v) is 5.45. The molecule has 4 atom stereocenters. The lowest BCUT2D eigenvalue weighted by Crippen LogP contribution is -2.36. The van der Waals surface area contributed by atoms with Crippen LogP contribution in [0.15, 0.2) is 0 Å². The maximum atomic E-state index is 10.9. The van der Waals surface area contributed by atoms with Gasteiger partial charge in [0.05, 0.1) is 12.2 Å². The molecule has 0 aromatic heterocycles. The van der Waals surface area contributed by atoms with Crippen molar-refractivity contribution in [2.75, 3.05) is 0 Å². The number of carboxylic acids is 1. The van der Waals surface area contributed by atoms with E-state index in [9.17, 15) is 4.79 Å². The Morgan fingerprint density at radius 1 is 1.40 bits per heavy atom. The summed E-state index contributed by atoms with van der Waals surface area (Å²) in [6.07, 6.45) is 8.18. The van der Waals surface area contributed by atoms with Crippen LogP contribution >= 0.6 is 0 Å². The number of ether oxygens (including phenoxy) is 1. The minimum absolute atomic E-state index is 0.251. The topological polar surface area (TPSA) is 46.5 Å². The first-order valence-electron chi connectivity index (χ1n) is 6.08. The molecule has 2 aliphatic heterocycles. The van der Waals surface area contributed by atoms with Gasteiger partial charge in [0.15, 0.2) is 0 Å². The van der Waals surface area contributed by atoms with Crippen molar-refractivity contribution in [1.29, 1.82) is 0 Å². The zero-order valence-corrected chi connectivity index (χ0v) is 8.95. The summed E-state index contributed by atoms with van der Waals surface area (Å²) in [6, 6.07) is 0. The number of carbonyl (C=O) groups is 1. The lowest BCUT2D eigenvalue weighted by atomic mass is 9.66. The van der Waals surface area contributed by atoms with Crippen molar-refractivity contribution in [3.05, 3.63) is 0 Å². The van der Waals surface area contributed by atoms with Crippen LogP contribution in [0.25, 0.3) is 0 Å². The van der Waals surface area contributed by atoms with E-state index in [0.29, 0.717) is 24.5 Å². The highest BCUT2D eigenvalue weighted by Gasteiger charge is 2.57. The zero-order chi connectivity index (χ0) is 10.5. The molecular weight excluding hydrogens is 192 g/mol. The van der Waals surface area contributed by atoms with Gasteiger partial charge in [-0.15, -0.1) is 0 Å². The van der Waals surface area contributed by atoms with Gasteiger partial charge in [-0.05, 0) is 38.0 Å². The van der Waals surface area contributed by atoms with Gasteiger partial charge in [0.1, 0.15) is 0 Å². The number of aliphatic carboxylic acids is 1. The predicted molar refractivity (Wildman–Crippen MR) is 54.5 cm³/mol. The van der Waals surface area contributed by atoms with Crippen molar-refractivity contribution in [3.8, 4) is 0 Å². The molecule has 3 nitrogen and oxygen atoms in total. The van der Waals surface area contributed by atoms with Gasteiger partial charge in [-0.25, -0.2) is 0 Å². The summed E-state index contributed by atoms with van der Waals surface area (Å²) in [6.45, 7) is 0. The Bertz CT molecular complexity index is 289. The summed E-state index contributed by atoms with van der Waals surface area (Å²) in [5, 5.41) is 8.95. The molecule has 3 rings (SSSR count). The normalized spacial score (nSPS) is 47.9. The first-order valence-corrected chi connectivity index (χ1v) is 6.08. The van der Waals surface area contributed by atoms with Crippen LogP contribution in [0.2, 0.25) is 0 Å². The van der Waals surface area contributed by atoms with Crippen LogP contribution in [0.1, 0.15) is 44.9 Å². The molecule has 1 aliphatic carbocycles. The van der Waals surface area contributed by atoms with E-state index in [1.165, 1.54) is 25.7 Å². The third-order valence-corrected chi connectivity index (χ3v) is 4.79. The van der Waals surface area contributed by atoms with E-state index in [1.54, 1.807) is 0 Å². The summed E-state index contributed by atoms with van der Waals surface area (Å²) >= 11 is 0. The Kier molecular flexibility index (Phi) is 2.06. The summed E-state index contributed by atoms with van der Waals surface area (Å²) in [5.74, 6) is -0.255. The summed E-state index contributed by atoms with van der Waals surface area (Å²) in [4.78, 5) is 10.9. The highest BCUT2D eigenvalue weighted by Crippen LogP contribution is 2.60. The van der Waals surface area contributed by atoms with Gasteiger partial charge in [0.2, 0.25) is 0 Å². The fraction of sp³-hybridized carbons (Fsp3) is 0.917. The van der Waals surface area contributed by atoms with E-state index in [0.717, 1.165) is 12.8 Å². The van der Waals surface area contributed by atoms with Gasteiger partial charge in [0, 0.05) is 11.8 Å². The lowest BCUT2D eigenvalue weighted by Gasteiger charge is -2.36. The van der Waals surface area contributed by atoms with Crippen LogP contribution < -0.4 is 0 Å². The van der Waals surface area contributed by atoms with E-state index in [1.807, 2.05) is 0 Å². The van der Waals surface area contributed by atoms with E-state index in [2.05, 4.69) is 0 Å². The maximum Gasteiger partial charge on any atom is 0.303 e. The quantitative estimate of drug-likeness (QED) is 0.760. The first kappa shape index (κ1) is 9.64. The molecule has 15 heavy (non-hydrogen) atoms. The fourth-order valence-corrected chi connectivity index (χ4v) is 4.21. The number of fused-ring (bicyclic) bond motifs is 3. The SMILES string of the molecule is O=C(O)CC1CCCC12CC1CCC2O1. The number of hydrogen-bond acceptors (Lipinski definition) is 2. The van der Waals surface area contributed by atoms with E-state index in [-0.39, 0.29) is 5.41 Å². The van der Waals surface area contributed by atoms with Crippen molar-refractivity contribution < 1.29 is 14.6 Å². The molecule has 2 heterocycles. The molecule has 1 saturated carbocycles. The van der Waals surface area contributed by atoms with Crippen LogP contribution in [0.3, 0.4) is 0 Å². The molecule has 2 bridgehead atoms. The maximum absolute atomic E-state index is 10.9. The summed E-state index contributed by atoms with van der Waals surface area (Å²) in [7, 11) is 0. The van der Waals surface area contributed by atoms with E-state index >= 15 is 0 Å². The Balaban J connectivity index is 1.81. The summed E-state index contributed by atoms with van der Waals surface area (Å²) < 4.78 is 5.93. The first-order chi connectivity index (χ1) is 7.21. The second-order valence-electron chi connectivity index (χ2n) is 5.45. The molecule has 3 aliphatic rings. The van der Waals surface area contributed by atoms with Crippen molar-refractivity contribution in [2.45, 2.75) is 57.2 Å². The highest BCUT2D eigenvalue weighted by molar-refractivity contribution is 5.67. The van der Waals surface area contributed by atoms with E-state index < -0.39 is 5.97 Å². The third-order valence-electron chi connectivity index (χ3n) is 4.79. The smallest absolute Gasteiger partial charge is 0.303 e. The molecule has 0 aromatic carbocycles. The molecule has 0 amide bonds. The molecule has 1 N–H and O–H groups in total. The molecule has 3 fully saturated rings. The van der Waals surface area contributed by atoms with Crippen molar-refractivity contribution in [1.82, 2.24) is 0 Å². The van der Waals surface area contributed by atoms with Crippen molar-refractivity contribution in [3.63, 3.8) is 0 Å². The molecule has 0 aromatic rings.